The molecule has 1 aliphatic rings. The van der Waals surface area contributed by atoms with Crippen molar-refractivity contribution in [1.82, 2.24) is 0 Å². The maximum atomic E-state index is 2.37. The van der Waals surface area contributed by atoms with Gasteiger partial charge >= 0.3 is 0 Å². The van der Waals surface area contributed by atoms with Crippen molar-refractivity contribution < 1.29 is 28.5 Å². The average Bonchev–Trinajstić information content (AvgIpc) is 1.90. The fraction of sp³-hybridized carbons (Fsp3) is 1.00. The predicted molar refractivity (Wildman–Crippen MR) is 40.3 cm³/mol. The Morgan fingerprint density at radius 3 is 1.90 bits per heavy atom. The van der Waals surface area contributed by atoms with Crippen LogP contribution in [0.3, 0.4) is 0 Å². The van der Waals surface area contributed by atoms with Gasteiger partial charge in [0, 0.05) is 0 Å². The van der Waals surface area contributed by atoms with Crippen molar-refractivity contribution in [3.63, 3.8) is 0 Å². The van der Waals surface area contributed by atoms with E-state index >= 15 is 0 Å². The number of likely N-dealkylation sites (tertiary alicyclic amines) is 1. The maximum absolute atomic E-state index is 2.37. The summed E-state index contributed by atoms with van der Waals surface area (Å²) in [5.41, 5.74) is 0. The summed E-state index contributed by atoms with van der Waals surface area (Å²) < 4.78 is 1.32. The smallest absolute Gasteiger partial charge is 0.0784 e. The quantitative estimate of drug-likeness (QED) is 0.401. The number of halogens is 1. The molecule has 62 valence electrons. The van der Waals surface area contributed by atoms with Gasteiger partial charge in [-0.3, -0.25) is 0 Å². The van der Waals surface area contributed by atoms with Crippen LogP contribution in [0.25, 0.3) is 0 Å². The highest BCUT2D eigenvalue weighted by atomic mass is 127. The third-order valence-electron chi connectivity index (χ3n) is 2.66. The summed E-state index contributed by atoms with van der Waals surface area (Å²) in [5, 5.41) is 0. The molecule has 0 N–H and O–H groups in total. The molecule has 0 saturated carbocycles. The molecule has 1 aliphatic heterocycles. The van der Waals surface area contributed by atoms with E-state index in [1.807, 2.05) is 0 Å². The monoisotopic (exact) mass is 255 g/mol. The van der Waals surface area contributed by atoms with E-state index in [4.69, 9.17) is 0 Å². The highest BCUT2D eigenvalue weighted by Gasteiger charge is 2.21. The number of hydrogen-bond acceptors (Lipinski definition) is 0. The summed E-state index contributed by atoms with van der Waals surface area (Å²) >= 11 is 0. The Labute approximate surface area is 81.4 Å². The van der Waals surface area contributed by atoms with E-state index in [0.29, 0.717) is 0 Å². The van der Waals surface area contributed by atoms with Gasteiger partial charge < -0.3 is 28.5 Å². The molecule has 0 aliphatic carbocycles. The molecule has 1 nitrogen and oxygen atoms in total. The minimum Gasteiger partial charge on any atom is -1.00 e. The van der Waals surface area contributed by atoms with Gasteiger partial charge in [0.05, 0.1) is 26.7 Å². The van der Waals surface area contributed by atoms with E-state index in [9.17, 15) is 0 Å². The summed E-state index contributed by atoms with van der Waals surface area (Å²) in [4.78, 5) is 0. The van der Waals surface area contributed by atoms with Crippen LogP contribution in [0.5, 0.6) is 0 Å². The van der Waals surface area contributed by atoms with Gasteiger partial charge in [0.25, 0.3) is 0 Å². The van der Waals surface area contributed by atoms with Crippen LogP contribution in [0.15, 0.2) is 0 Å². The molecule has 1 fully saturated rings. The summed E-state index contributed by atoms with van der Waals surface area (Å²) in [5.74, 6) is 0. The molecule has 0 aromatic rings. The van der Waals surface area contributed by atoms with Crippen LogP contribution in [0.1, 0.15) is 26.2 Å². The van der Waals surface area contributed by atoms with Crippen LogP contribution in [0, 0.1) is 0 Å². The first-order valence-electron chi connectivity index (χ1n) is 4.10. The lowest BCUT2D eigenvalue weighted by Crippen LogP contribution is -3.00. The molecule has 0 aromatic heterocycles. The Bertz CT molecular complexity index is 87.3. The highest BCUT2D eigenvalue weighted by molar-refractivity contribution is 4.49. The van der Waals surface area contributed by atoms with Gasteiger partial charge in [0.1, 0.15) is 0 Å². The molecule has 1 rings (SSSR count). The van der Waals surface area contributed by atoms with E-state index in [1.165, 1.54) is 43.4 Å². The summed E-state index contributed by atoms with van der Waals surface area (Å²) in [6.45, 7) is 6.44. The SMILES string of the molecule is CC[N+]1(C)CCCCC1.[I-]. The molecule has 2 heteroatoms. The number of rotatable bonds is 1. The molecule has 0 spiro atoms. The van der Waals surface area contributed by atoms with Crippen molar-refractivity contribution in [3.05, 3.63) is 0 Å². The average molecular weight is 255 g/mol. The highest BCUT2D eigenvalue weighted by Crippen LogP contribution is 2.14. The largest absolute Gasteiger partial charge is 1.00 e. The molecule has 0 atom stereocenters. The van der Waals surface area contributed by atoms with Crippen LogP contribution < -0.4 is 24.0 Å². The predicted octanol–water partition coefficient (Wildman–Crippen LogP) is -1.36. The van der Waals surface area contributed by atoms with Gasteiger partial charge in [-0.15, -0.1) is 0 Å². The zero-order valence-corrected chi connectivity index (χ0v) is 9.23. The summed E-state index contributed by atoms with van der Waals surface area (Å²) in [7, 11) is 2.37. The first-order chi connectivity index (χ1) is 4.27. The fourth-order valence-electron chi connectivity index (χ4n) is 1.59. The molecule has 1 heterocycles. The second-order valence-corrected chi connectivity index (χ2v) is 3.44. The summed E-state index contributed by atoms with van der Waals surface area (Å²) in [6.07, 6.45) is 4.36. The summed E-state index contributed by atoms with van der Waals surface area (Å²) in [6, 6.07) is 0. The van der Waals surface area contributed by atoms with E-state index < -0.39 is 0 Å². The van der Waals surface area contributed by atoms with Crippen molar-refractivity contribution in [3.8, 4) is 0 Å². The minimum absolute atomic E-state index is 0. The van der Waals surface area contributed by atoms with Gasteiger partial charge in [0.2, 0.25) is 0 Å². The van der Waals surface area contributed by atoms with Crippen LogP contribution in [-0.4, -0.2) is 31.2 Å². The van der Waals surface area contributed by atoms with Gasteiger partial charge in [-0.1, -0.05) is 0 Å². The normalized spacial score (nSPS) is 23.4. The third kappa shape index (κ3) is 2.74. The molecule has 10 heavy (non-hydrogen) atoms. The second-order valence-electron chi connectivity index (χ2n) is 3.44. The van der Waals surface area contributed by atoms with E-state index in [0.717, 1.165) is 0 Å². The Hall–Kier alpha value is 0.690. The lowest BCUT2D eigenvalue weighted by atomic mass is 10.1. The van der Waals surface area contributed by atoms with Crippen LogP contribution in [0.4, 0.5) is 0 Å². The lowest BCUT2D eigenvalue weighted by Gasteiger charge is -2.36. The third-order valence-corrected chi connectivity index (χ3v) is 2.66. The zero-order valence-electron chi connectivity index (χ0n) is 7.07. The van der Waals surface area contributed by atoms with Crippen molar-refractivity contribution in [2.45, 2.75) is 26.2 Å². The standard InChI is InChI=1S/C8H18N.HI/c1-3-9(2)7-5-4-6-8-9;/h3-8H2,1-2H3;1H/q+1;/p-1. The topological polar surface area (TPSA) is 0 Å². The van der Waals surface area contributed by atoms with Gasteiger partial charge in [-0.2, -0.15) is 0 Å². The van der Waals surface area contributed by atoms with Gasteiger partial charge in [0.15, 0.2) is 0 Å². The van der Waals surface area contributed by atoms with Crippen molar-refractivity contribution in [2.75, 3.05) is 26.7 Å². The van der Waals surface area contributed by atoms with E-state index in [-0.39, 0.29) is 24.0 Å². The molecule has 0 radical (unpaired) electrons. The zero-order chi connectivity index (χ0) is 6.74. The number of quaternary nitrogens is 1. The molecule has 0 aromatic carbocycles. The Morgan fingerprint density at radius 2 is 1.60 bits per heavy atom. The number of piperidine rings is 1. The van der Waals surface area contributed by atoms with Gasteiger partial charge in [-0.25, -0.2) is 0 Å². The van der Waals surface area contributed by atoms with Crippen LogP contribution in [0.2, 0.25) is 0 Å². The molecular weight excluding hydrogens is 237 g/mol. The van der Waals surface area contributed by atoms with Crippen LogP contribution in [-0.2, 0) is 0 Å². The van der Waals surface area contributed by atoms with E-state index in [1.54, 1.807) is 0 Å². The van der Waals surface area contributed by atoms with Crippen molar-refractivity contribution >= 4 is 0 Å². The Kier molecular flexibility index (Phi) is 4.86. The fourth-order valence-corrected chi connectivity index (χ4v) is 1.59. The molecule has 0 unspecified atom stereocenters. The first-order valence-corrected chi connectivity index (χ1v) is 4.10. The minimum atomic E-state index is 0. The van der Waals surface area contributed by atoms with E-state index in [2.05, 4.69) is 14.0 Å². The molecule has 0 amide bonds. The molecule has 0 bridgehead atoms. The van der Waals surface area contributed by atoms with Crippen LogP contribution >= 0.6 is 0 Å². The number of hydrogen-bond donors (Lipinski definition) is 0. The second kappa shape index (κ2) is 4.54. The number of nitrogens with zero attached hydrogens (tertiary/aromatic N) is 1. The van der Waals surface area contributed by atoms with Gasteiger partial charge in [-0.05, 0) is 26.2 Å². The first kappa shape index (κ1) is 10.7. The maximum Gasteiger partial charge on any atom is 0.0784 e. The van der Waals surface area contributed by atoms with Crippen molar-refractivity contribution in [2.24, 2.45) is 0 Å². The Balaban J connectivity index is 0.000000810. The molecule has 1 saturated heterocycles. The molecular formula is C8H18IN. The lowest BCUT2D eigenvalue weighted by molar-refractivity contribution is -0.912. The van der Waals surface area contributed by atoms with Crippen molar-refractivity contribution in [1.29, 1.82) is 0 Å². The Morgan fingerprint density at radius 1 is 1.10 bits per heavy atom.